The molecule has 0 aliphatic carbocycles. The molecule has 0 spiro atoms. The van der Waals surface area contributed by atoms with Crippen LogP contribution < -0.4 is 15.5 Å². The molecule has 1 fully saturated rings. The van der Waals surface area contributed by atoms with Gasteiger partial charge in [-0.3, -0.25) is 19.1 Å². The van der Waals surface area contributed by atoms with Crippen LogP contribution in [0.3, 0.4) is 0 Å². The lowest BCUT2D eigenvalue weighted by Crippen LogP contribution is -2.31. The number of piperidine rings is 1. The molecule has 1 aliphatic heterocycles. The van der Waals surface area contributed by atoms with Crippen LogP contribution in [0.5, 0.6) is 0 Å². The van der Waals surface area contributed by atoms with E-state index in [0.717, 1.165) is 37.0 Å². The molecule has 3 aromatic carbocycles. The van der Waals surface area contributed by atoms with Crippen LogP contribution in [0.2, 0.25) is 0 Å². The lowest BCUT2D eigenvalue weighted by Gasteiger charge is -2.30. The van der Waals surface area contributed by atoms with Crippen molar-refractivity contribution >= 4 is 45.9 Å². The first-order valence-corrected chi connectivity index (χ1v) is 13.4. The van der Waals surface area contributed by atoms with E-state index in [4.69, 9.17) is 0 Å². The highest BCUT2D eigenvalue weighted by molar-refractivity contribution is 6.12. The Morgan fingerprint density at radius 3 is 2.29 bits per heavy atom. The number of carbonyl (C=O) groups excluding carboxylic acids is 2. The monoisotopic (exact) mass is 579 g/mol. The molecule has 1 aromatic heterocycles. The van der Waals surface area contributed by atoms with Crippen molar-refractivity contribution in [1.29, 1.82) is 0 Å². The number of amides is 2. The number of rotatable bonds is 8. The first-order valence-electron chi connectivity index (χ1n) is 13.4. The molecule has 3 N–H and O–H groups in total. The second-order valence-corrected chi connectivity index (χ2v) is 10.1. The molecule has 12 heteroatoms. The average molecular weight is 580 g/mol. The molecule has 0 bridgehead atoms. The van der Waals surface area contributed by atoms with Gasteiger partial charge in [0, 0.05) is 35.4 Å². The third-order valence-corrected chi connectivity index (χ3v) is 7.02. The summed E-state index contributed by atoms with van der Waals surface area (Å²) in [5.41, 5.74) is 1.88. The van der Waals surface area contributed by atoms with Gasteiger partial charge in [0.1, 0.15) is 6.54 Å². The van der Waals surface area contributed by atoms with Gasteiger partial charge >= 0.3 is 12.1 Å². The van der Waals surface area contributed by atoms with Crippen LogP contribution in [0.25, 0.3) is 10.9 Å². The number of para-hydroxylation sites is 1. The van der Waals surface area contributed by atoms with Crippen molar-refractivity contribution in [2.45, 2.75) is 38.4 Å². The molecule has 2 heterocycles. The van der Waals surface area contributed by atoms with Gasteiger partial charge in [0.15, 0.2) is 5.82 Å². The molecule has 2 amide bonds. The van der Waals surface area contributed by atoms with Crippen molar-refractivity contribution in [2.75, 3.05) is 28.6 Å². The molecule has 0 saturated carbocycles. The van der Waals surface area contributed by atoms with Crippen molar-refractivity contribution in [2.24, 2.45) is 0 Å². The number of carboxylic acids is 1. The first-order chi connectivity index (χ1) is 20.1. The molecule has 0 radical (unpaired) electrons. The summed E-state index contributed by atoms with van der Waals surface area (Å²) >= 11 is 0. The number of benzene rings is 3. The molecule has 218 valence electrons. The maximum atomic E-state index is 13.7. The minimum atomic E-state index is -4.51. The minimum Gasteiger partial charge on any atom is -0.481 e. The van der Waals surface area contributed by atoms with Gasteiger partial charge in [0.05, 0.1) is 17.5 Å². The summed E-state index contributed by atoms with van der Waals surface area (Å²) in [5.74, 6) is -2.23. The van der Waals surface area contributed by atoms with Crippen LogP contribution in [-0.2, 0) is 17.8 Å². The summed E-state index contributed by atoms with van der Waals surface area (Å²) < 4.78 is 40.4. The molecule has 4 aromatic rings. The third kappa shape index (κ3) is 6.54. The smallest absolute Gasteiger partial charge is 0.408 e. The molecule has 9 nitrogen and oxygen atoms in total. The van der Waals surface area contributed by atoms with Crippen LogP contribution in [0.15, 0.2) is 66.7 Å². The number of hydrogen-bond donors (Lipinski definition) is 3. The van der Waals surface area contributed by atoms with Crippen molar-refractivity contribution in [1.82, 2.24) is 9.78 Å². The summed E-state index contributed by atoms with van der Waals surface area (Å²) in [7, 11) is 0. The Balaban J connectivity index is 1.48. The Morgan fingerprint density at radius 2 is 1.55 bits per heavy atom. The Bertz CT molecular complexity index is 1640. The number of aromatic nitrogens is 2. The molecule has 0 atom stereocenters. The normalized spacial score (nSPS) is 13.6. The first kappa shape index (κ1) is 28.7. The van der Waals surface area contributed by atoms with Gasteiger partial charge < -0.3 is 20.6 Å². The second-order valence-electron chi connectivity index (χ2n) is 10.1. The fourth-order valence-corrected chi connectivity index (χ4v) is 5.15. The predicted molar refractivity (Wildman–Crippen MR) is 152 cm³/mol. The van der Waals surface area contributed by atoms with E-state index < -0.39 is 30.5 Å². The van der Waals surface area contributed by atoms with E-state index in [1.54, 1.807) is 48.5 Å². The lowest BCUT2D eigenvalue weighted by atomic mass is 10.0. The topological polar surface area (TPSA) is 117 Å². The fraction of sp³-hybridized carbons (Fsp3) is 0.267. The number of fused-ring (bicyclic) bond motifs is 1. The zero-order valence-electron chi connectivity index (χ0n) is 22.4. The van der Waals surface area contributed by atoms with E-state index in [1.165, 1.54) is 18.2 Å². The van der Waals surface area contributed by atoms with E-state index >= 15 is 0 Å². The van der Waals surface area contributed by atoms with Crippen LogP contribution in [0.4, 0.5) is 30.4 Å². The van der Waals surface area contributed by atoms with Crippen molar-refractivity contribution < 1.29 is 32.7 Å². The second kappa shape index (κ2) is 11.9. The van der Waals surface area contributed by atoms with Gasteiger partial charge in [-0.05, 0) is 61.2 Å². The highest BCUT2D eigenvalue weighted by Gasteiger charge is 2.30. The predicted octanol–water partition coefficient (Wildman–Crippen LogP) is 5.72. The molecule has 1 saturated heterocycles. The fourth-order valence-electron chi connectivity index (χ4n) is 5.15. The zero-order chi connectivity index (χ0) is 29.9. The maximum absolute atomic E-state index is 13.7. The van der Waals surface area contributed by atoms with Gasteiger partial charge in [0.2, 0.25) is 0 Å². The van der Waals surface area contributed by atoms with Crippen LogP contribution >= 0.6 is 0 Å². The number of alkyl halides is 3. The number of nitrogens with one attached hydrogen (secondary N) is 2. The lowest BCUT2D eigenvalue weighted by molar-refractivity contribution is -0.141. The van der Waals surface area contributed by atoms with Crippen molar-refractivity contribution in [3.05, 3.63) is 83.4 Å². The van der Waals surface area contributed by atoms with E-state index in [-0.39, 0.29) is 28.9 Å². The third-order valence-electron chi connectivity index (χ3n) is 7.02. The van der Waals surface area contributed by atoms with E-state index in [9.17, 15) is 32.7 Å². The van der Waals surface area contributed by atoms with Crippen molar-refractivity contribution in [3.63, 3.8) is 0 Å². The number of carbonyl (C=O) groups is 3. The SMILES string of the molecule is O=C(O)Cc1ccccc1C(=O)Nc1ccc(N2CCCCC2)c(C(=O)Nc2nn(CC(F)(F)F)c3ccccc23)c1. The number of carboxylic acid groups (broad SMARTS) is 1. The number of nitrogens with zero attached hydrogens (tertiary/aromatic N) is 3. The molecular formula is C30H28F3N5O4. The molecule has 0 unspecified atom stereocenters. The quantitative estimate of drug-likeness (QED) is 0.246. The van der Waals surface area contributed by atoms with E-state index in [2.05, 4.69) is 20.6 Å². The zero-order valence-corrected chi connectivity index (χ0v) is 22.4. The van der Waals surface area contributed by atoms with Crippen LogP contribution in [0.1, 0.15) is 45.5 Å². The van der Waals surface area contributed by atoms with Gasteiger partial charge in [-0.2, -0.15) is 18.3 Å². The van der Waals surface area contributed by atoms with Crippen LogP contribution in [-0.4, -0.2) is 51.9 Å². The summed E-state index contributed by atoms with van der Waals surface area (Å²) in [6, 6.07) is 17.6. The number of aliphatic carboxylic acids is 1. The van der Waals surface area contributed by atoms with E-state index in [0.29, 0.717) is 22.3 Å². The van der Waals surface area contributed by atoms with Gasteiger partial charge in [-0.25, -0.2) is 0 Å². The summed E-state index contributed by atoms with van der Waals surface area (Å²) in [6.07, 6.45) is -1.91. The van der Waals surface area contributed by atoms with Gasteiger partial charge in [-0.1, -0.05) is 30.3 Å². The Morgan fingerprint density at radius 1 is 0.857 bits per heavy atom. The highest BCUT2D eigenvalue weighted by atomic mass is 19.4. The standard InChI is InChI=1S/C30H28F3N5O4/c31-30(32,33)18-38-25-11-5-4-10-22(25)27(36-38)35-29(42)23-17-20(12-13-24(23)37-14-6-1-7-15-37)34-28(41)21-9-3-2-8-19(21)16-26(39)40/h2-5,8-13,17H,1,6-7,14-16,18H2,(H,34,41)(H,39,40)(H,35,36,42). The molecule has 5 rings (SSSR count). The van der Waals surface area contributed by atoms with Gasteiger partial charge in [-0.15, -0.1) is 0 Å². The molecule has 42 heavy (non-hydrogen) atoms. The Labute approximate surface area is 238 Å². The summed E-state index contributed by atoms with van der Waals surface area (Å²) in [5, 5.41) is 19.1. The van der Waals surface area contributed by atoms with Crippen LogP contribution in [0, 0.1) is 0 Å². The van der Waals surface area contributed by atoms with E-state index in [1.807, 2.05) is 0 Å². The number of anilines is 3. The summed E-state index contributed by atoms with van der Waals surface area (Å²) in [4.78, 5) is 40.2. The average Bonchev–Trinajstić information content (AvgIpc) is 3.28. The summed E-state index contributed by atoms with van der Waals surface area (Å²) in [6.45, 7) is 0.128. The molecule has 1 aliphatic rings. The van der Waals surface area contributed by atoms with Crippen molar-refractivity contribution in [3.8, 4) is 0 Å². The number of halogens is 3. The highest BCUT2D eigenvalue weighted by Crippen LogP contribution is 2.31. The Kier molecular flexibility index (Phi) is 8.14. The van der Waals surface area contributed by atoms with Gasteiger partial charge in [0.25, 0.3) is 11.8 Å². The Hall–Kier alpha value is -4.87. The maximum Gasteiger partial charge on any atom is 0.408 e. The largest absolute Gasteiger partial charge is 0.481 e. The molecular weight excluding hydrogens is 551 g/mol. The number of hydrogen-bond acceptors (Lipinski definition) is 5. The minimum absolute atomic E-state index is 0.0125.